The molecule has 0 bridgehead atoms. The zero-order chi connectivity index (χ0) is 31.0. The van der Waals surface area contributed by atoms with Crippen molar-refractivity contribution in [3.63, 3.8) is 0 Å². The molecule has 15 heteroatoms. The van der Waals surface area contributed by atoms with Gasteiger partial charge in [0.05, 0.1) is 0 Å². The fourth-order valence-corrected chi connectivity index (χ4v) is 4.09. The molecular weight excluding hydrogens is 536 g/mol. The summed E-state index contributed by atoms with van der Waals surface area (Å²) in [5.41, 5.74) is -0.690. The van der Waals surface area contributed by atoms with Gasteiger partial charge in [0, 0.05) is 70.0 Å². The van der Waals surface area contributed by atoms with E-state index in [4.69, 9.17) is 42.6 Å². The van der Waals surface area contributed by atoms with E-state index >= 15 is 0 Å². The van der Waals surface area contributed by atoms with Gasteiger partial charge in [-0.25, -0.2) is 9.59 Å². The standard InChI is InChI=1S/C25H48N2O13/c1-25(2,3)40-24(31)27-13-15(33-5)16(34-6)18(36-8)20(38-10)22(28)26-12-14(32-4)17(35-7)19(37-9)21(39-11)23(29)30/h14-21H,12-13H2,1-11H3,(H,26,28)(H,27,31)(H,29,30)/t14-,15-,16+,17+,18+,19+,20-,21-/m0/s1. The normalized spacial score (nSPS) is 18.0. The Morgan fingerprint density at radius 2 is 1.00 bits per heavy atom. The SMILES string of the molecule is CO[C@H]([C@H](OC)[C@H](CNC(=O)[C@@H](OC)[C@H](OC)[C@H](OC)[C@H](CNC(=O)OC(C)(C)C)OC)OC)[C@H](OC)C(=O)O. The van der Waals surface area contributed by atoms with E-state index in [2.05, 4.69) is 10.6 Å². The van der Waals surface area contributed by atoms with Crippen LogP contribution in [0.3, 0.4) is 0 Å². The molecular formula is C25H48N2O13. The summed E-state index contributed by atoms with van der Waals surface area (Å²) in [5.74, 6) is -1.84. The Bertz CT molecular complexity index is 749. The van der Waals surface area contributed by atoms with Gasteiger partial charge in [-0.3, -0.25) is 4.79 Å². The zero-order valence-electron chi connectivity index (χ0n) is 25.4. The quantitative estimate of drug-likeness (QED) is 0.172. The van der Waals surface area contributed by atoms with Gasteiger partial charge >= 0.3 is 12.1 Å². The summed E-state index contributed by atoms with van der Waals surface area (Å²) in [6.07, 6.45) is -8.59. The number of aliphatic carboxylic acids is 1. The molecule has 0 aromatic rings. The summed E-state index contributed by atoms with van der Waals surface area (Å²) >= 11 is 0. The van der Waals surface area contributed by atoms with E-state index in [9.17, 15) is 19.5 Å². The Labute approximate surface area is 236 Å². The van der Waals surface area contributed by atoms with Gasteiger partial charge in [0.2, 0.25) is 0 Å². The number of alkyl carbamates (subject to hydrolysis) is 1. The highest BCUT2D eigenvalue weighted by atomic mass is 16.6. The first-order valence-electron chi connectivity index (χ1n) is 12.5. The second-order valence-corrected chi connectivity index (χ2v) is 9.63. The lowest BCUT2D eigenvalue weighted by molar-refractivity contribution is -0.177. The summed E-state index contributed by atoms with van der Waals surface area (Å²) in [6, 6.07) is 0. The fourth-order valence-electron chi connectivity index (χ4n) is 4.09. The number of carboxylic acid groups (broad SMARTS) is 1. The van der Waals surface area contributed by atoms with E-state index in [0.717, 1.165) is 0 Å². The van der Waals surface area contributed by atoms with Crippen molar-refractivity contribution >= 4 is 18.0 Å². The van der Waals surface area contributed by atoms with Gasteiger partial charge in [0.1, 0.15) is 42.2 Å². The van der Waals surface area contributed by atoms with Gasteiger partial charge in [-0.15, -0.1) is 0 Å². The van der Waals surface area contributed by atoms with Crippen molar-refractivity contribution in [1.82, 2.24) is 10.6 Å². The molecule has 0 aliphatic heterocycles. The molecule has 0 aromatic heterocycles. The molecule has 3 N–H and O–H groups in total. The minimum absolute atomic E-state index is 0.00818. The van der Waals surface area contributed by atoms with Crippen molar-refractivity contribution in [1.29, 1.82) is 0 Å². The van der Waals surface area contributed by atoms with Crippen LogP contribution in [0.25, 0.3) is 0 Å². The van der Waals surface area contributed by atoms with Gasteiger partial charge < -0.3 is 58.4 Å². The highest BCUT2D eigenvalue weighted by Crippen LogP contribution is 2.19. The summed E-state index contributed by atoms with van der Waals surface area (Å²) in [5, 5.41) is 14.8. The average molecular weight is 585 g/mol. The zero-order valence-corrected chi connectivity index (χ0v) is 25.4. The number of carbonyl (C=O) groups is 3. The lowest BCUT2D eigenvalue weighted by Gasteiger charge is -2.35. The van der Waals surface area contributed by atoms with Crippen LogP contribution in [0.5, 0.6) is 0 Å². The summed E-state index contributed by atoms with van der Waals surface area (Å²) < 4.78 is 48.8. The highest BCUT2D eigenvalue weighted by molar-refractivity contribution is 5.81. The summed E-state index contributed by atoms with van der Waals surface area (Å²) in [6.45, 7) is 5.10. The lowest BCUT2D eigenvalue weighted by atomic mass is 10.00. The number of nitrogens with one attached hydrogen (secondary N) is 2. The molecule has 0 aromatic carbocycles. The average Bonchev–Trinajstić information content (AvgIpc) is 2.89. The molecule has 0 heterocycles. The molecule has 40 heavy (non-hydrogen) atoms. The number of methoxy groups -OCH3 is 8. The number of hydrogen-bond donors (Lipinski definition) is 3. The van der Waals surface area contributed by atoms with Crippen molar-refractivity contribution in [3.05, 3.63) is 0 Å². The molecule has 0 fully saturated rings. The maximum atomic E-state index is 13.2. The van der Waals surface area contributed by atoms with E-state index in [-0.39, 0.29) is 13.1 Å². The van der Waals surface area contributed by atoms with Crippen LogP contribution in [-0.2, 0) is 52.2 Å². The molecule has 0 aliphatic carbocycles. The Morgan fingerprint density at radius 3 is 1.32 bits per heavy atom. The van der Waals surface area contributed by atoms with Crippen LogP contribution >= 0.6 is 0 Å². The Balaban J connectivity index is 5.66. The maximum Gasteiger partial charge on any atom is 0.407 e. The first-order chi connectivity index (χ1) is 18.8. The van der Waals surface area contributed by atoms with Crippen molar-refractivity contribution in [3.8, 4) is 0 Å². The molecule has 8 atom stereocenters. The maximum absolute atomic E-state index is 13.2. The van der Waals surface area contributed by atoms with Crippen LogP contribution in [0, 0.1) is 0 Å². The highest BCUT2D eigenvalue weighted by Gasteiger charge is 2.42. The second-order valence-electron chi connectivity index (χ2n) is 9.63. The number of carboxylic acids is 1. The molecule has 0 spiro atoms. The molecule has 0 saturated heterocycles. The number of carbonyl (C=O) groups excluding carboxylic acids is 2. The van der Waals surface area contributed by atoms with Crippen LogP contribution in [0.1, 0.15) is 20.8 Å². The molecule has 0 unspecified atom stereocenters. The largest absolute Gasteiger partial charge is 0.479 e. The van der Waals surface area contributed by atoms with Gasteiger partial charge in [-0.1, -0.05) is 0 Å². The minimum atomic E-state index is -1.35. The Hall–Kier alpha value is -2.11. The second kappa shape index (κ2) is 19.1. The number of amides is 2. The van der Waals surface area contributed by atoms with Crippen molar-refractivity contribution in [2.24, 2.45) is 0 Å². The van der Waals surface area contributed by atoms with Crippen LogP contribution in [-0.4, -0.2) is 147 Å². The van der Waals surface area contributed by atoms with Gasteiger partial charge in [0.15, 0.2) is 12.2 Å². The van der Waals surface area contributed by atoms with Crippen molar-refractivity contribution in [2.75, 3.05) is 70.0 Å². The molecule has 0 radical (unpaired) electrons. The van der Waals surface area contributed by atoms with E-state index in [1.54, 1.807) is 20.8 Å². The van der Waals surface area contributed by atoms with E-state index in [1.807, 2.05) is 0 Å². The summed E-state index contributed by atoms with van der Waals surface area (Å²) in [4.78, 5) is 37.0. The van der Waals surface area contributed by atoms with Gasteiger partial charge in [0.25, 0.3) is 5.91 Å². The first kappa shape index (κ1) is 37.9. The van der Waals surface area contributed by atoms with Crippen molar-refractivity contribution in [2.45, 2.75) is 75.2 Å². The lowest BCUT2D eigenvalue weighted by Crippen LogP contribution is -2.58. The molecule has 0 saturated carbocycles. The number of hydrogen-bond acceptors (Lipinski definition) is 12. The van der Waals surface area contributed by atoms with Crippen molar-refractivity contribution < 1.29 is 62.1 Å². The topological polar surface area (TPSA) is 179 Å². The van der Waals surface area contributed by atoms with Crippen LogP contribution < -0.4 is 10.6 Å². The van der Waals surface area contributed by atoms with E-state index in [1.165, 1.54) is 56.9 Å². The number of ether oxygens (including phenoxy) is 9. The van der Waals surface area contributed by atoms with Crippen LogP contribution in [0.2, 0.25) is 0 Å². The minimum Gasteiger partial charge on any atom is -0.479 e. The van der Waals surface area contributed by atoms with Crippen LogP contribution in [0.4, 0.5) is 4.79 Å². The molecule has 15 nitrogen and oxygen atoms in total. The third kappa shape index (κ3) is 11.8. The molecule has 2 amide bonds. The predicted molar refractivity (Wildman–Crippen MR) is 141 cm³/mol. The van der Waals surface area contributed by atoms with Gasteiger partial charge in [-0.05, 0) is 20.8 Å². The molecule has 0 rings (SSSR count). The van der Waals surface area contributed by atoms with E-state index < -0.39 is 72.4 Å². The monoisotopic (exact) mass is 584 g/mol. The third-order valence-corrected chi connectivity index (χ3v) is 6.01. The van der Waals surface area contributed by atoms with Gasteiger partial charge in [-0.2, -0.15) is 0 Å². The molecule has 236 valence electrons. The Morgan fingerprint density at radius 1 is 0.600 bits per heavy atom. The van der Waals surface area contributed by atoms with Crippen LogP contribution in [0.15, 0.2) is 0 Å². The predicted octanol–water partition coefficient (Wildman–Crippen LogP) is -0.168. The third-order valence-electron chi connectivity index (χ3n) is 6.01. The first-order valence-corrected chi connectivity index (χ1v) is 12.5. The fraction of sp³-hybridized carbons (Fsp3) is 0.880. The molecule has 0 aliphatic rings. The number of rotatable bonds is 20. The smallest absolute Gasteiger partial charge is 0.407 e. The Kier molecular flexibility index (Phi) is 18.1. The van der Waals surface area contributed by atoms with E-state index in [0.29, 0.717) is 0 Å². The summed E-state index contributed by atoms with van der Waals surface area (Å²) in [7, 11) is 10.8.